The molecule has 6 nitrogen and oxygen atoms in total. The zero-order valence-corrected chi connectivity index (χ0v) is 36.3. The van der Waals surface area contributed by atoms with Crippen LogP contribution >= 0.6 is 0 Å². The molecule has 312 valence electrons. The van der Waals surface area contributed by atoms with Gasteiger partial charge in [0.15, 0.2) is 0 Å². The van der Waals surface area contributed by atoms with Gasteiger partial charge in [-0.25, -0.2) is 0 Å². The molecule has 0 radical (unpaired) electrons. The zero-order chi connectivity index (χ0) is 43.7. The third kappa shape index (κ3) is 9.61. The van der Waals surface area contributed by atoms with Crippen molar-refractivity contribution in [2.75, 3.05) is 22.9 Å². The molecule has 8 aromatic carbocycles. The zero-order valence-electron chi connectivity index (χ0n) is 36.3. The first-order chi connectivity index (χ1) is 30.7. The fourth-order valence-corrected chi connectivity index (χ4v) is 8.45. The van der Waals surface area contributed by atoms with E-state index < -0.39 is 0 Å². The summed E-state index contributed by atoms with van der Waals surface area (Å²) in [6, 6.07) is 62.0. The Bertz CT molecular complexity index is 2550. The van der Waals surface area contributed by atoms with E-state index in [4.69, 9.17) is 0 Å². The van der Waals surface area contributed by atoms with Crippen LogP contribution in [0.4, 0.5) is 34.1 Å². The van der Waals surface area contributed by atoms with Crippen LogP contribution in [0.15, 0.2) is 192 Å². The predicted molar refractivity (Wildman–Crippen MR) is 265 cm³/mol. The van der Waals surface area contributed by atoms with Crippen molar-refractivity contribution in [3.63, 3.8) is 0 Å². The molecular formula is C57H52N4O2. The molecule has 0 aromatic heterocycles. The van der Waals surface area contributed by atoms with Crippen molar-refractivity contribution in [2.24, 2.45) is 9.98 Å². The highest BCUT2D eigenvalue weighted by Crippen LogP contribution is 2.41. The molecule has 0 aliphatic rings. The van der Waals surface area contributed by atoms with Gasteiger partial charge in [-0.1, -0.05) is 84.9 Å². The van der Waals surface area contributed by atoms with Gasteiger partial charge in [-0.05, 0) is 176 Å². The van der Waals surface area contributed by atoms with Crippen molar-refractivity contribution >= 4 is 46.6 Å². The van der Waals surface area contributed by atoms with Crippen LogP contribution in [0.1, 0.15) is 39.8 Å². The maximum atomic E-state index is 11.1. The average Bonchev–Trinajstić information content (AvgIpc) is 3.28. The quantitative estimate of drug-likeness (QED) is 0.0846. The number of benzene rings is 8. The summed E-state index contributed by atoms with van der Waals surface area (Å²) in [6.07, 6.45) is 4.18. The fourth-order valence-electron chi connectivity index (χ4n) is 8.45. The third-order valence-electron chi connectivity index (χ3n) is 11.3. The summed E-state index contributed by atoms with van der Waals surface area (Å²) in [4.78, 5) is 13.7. The van der Waals surface area contributed by atoms with Crippen molar-refractivity contribution in [1.29, 1.82) is 0 Å². The van der Waals surface area contributed by atoms with Crippen molar-refractivity contribution < 1.29 is 10.2 Å². The van der Waals surface area contributed by atoms with E-state index in [9.17, 15) is 10.2 Å². The Hall–Kier alpha value is -7.70. The lowest BCUT2D eigenvalue weighted by Crippen LogP contribution is -2.10. The molecule has 0 spiro atoms. The molecule has 63 heavy (non-hydrogen) atoms. The van der Waals surface area contributed by atoms with Gasteiger partial charge < -0.3 is 20.0 Å². The lowest BCUT2D eigenvalue weighted by atomic mass is 9.93. The Morgan fingerprint density at radius 1 is 0.381 bits per heavy atom. The molecule has 0 unspecified atom stereocenters. The van der Waals surface area contributed by atoms with Crippen LogP contribution in [-0.2, 0) is 0 Å². The minimum atomic E-state index is 0.189. The van der Waals surface area contributed by atoms with E-state index in [0.29, 0.717) is 24.2 Å². The minimum absolute atomic E-state index is 0.189. The van der Waals surface area contributed by atoms with Gasteiger partial charge in [0.05, 0.1) is 0 Å². The van der Waals surface area contributed by atoms with Crippen molar-refractivity contribution in [3.05, 3.63) is 215 Å². The monoisotopic (exact) mass is 824 g/mol. The number of anilines is 6. The number of hydrogen-bond acceptors (Lipinski definition) is 6. The van der Waals surface area contributed by atoms with Gasteiger partial charge in [0.25, 0.3) is 0 Å². The molecule has 6 heteroatoms. The van der Waals surface area contributed by atoms with Crippen molar-refractivity contribution in [3.8, 4) is 33.8 Å². The number of rotatable bonds is 14. The molecule has 8 aromatic rings. The largest absolute Gasteiger partial charge is 0.507 e. The Labute approximate surface area is 371 Å². The number of para-hydroxylation sites is 4. The normalized spacial score (nSPS) is 11.4. The highest BCUT2D eigenvalue weighted by atomic mass is 16.3. The second-order valence-corrected chi connectivity index (χ2v) is 15.9. The molecule has 8 rings (SSSR count). The van der Waals surface area contributed by atoms with Gasteiger partial charge in [0.1, 0.15) is 11.5 Å². The highest BCUT2D eigenvalue weighted by Gasteiger charge is 2.18. The first kappa shape index (κ1) is 42.0. The summed E-state index contributed by atoms with van der Waals surface area (Å²) in [5.41, 5.74) is 16.5. The van der Waals surface area contributed by atoms with Gasteiger partial charge in [-0.2, -0.15) is 0 Å². The number of aryl methyl sites for hydroxylation is 4. The van der Waals surface area contributed by atoms with Crippen LogP contribution in [0.3, 0.4) is 0 Å². The summed E-state index contributed by atoms with van der Waals surface area (Å²) in [5.74, 6) is 0.378. The highest BCUT2D eigenvalue weighted by molar-refractivity contribution is 5.88. The molecule has 0 atom stereocenters. The number of phenols is 2. The lowest BCUT2D eigenvalue weighted by molar-refractivity contribution is 0.474. The summed E-state index contributed by atoms with van der Waals surface area (Å²) >= 11 is 0. The van der Waals surface area contributed by atoms with E-state index in [1.54, 1.807) is 12.4 Å². The predicted octanol–water partition coefficient (Wildman–Crippen LogP) is 14.5. The molecular weight excluding hydrogens is 773 g/mol. The first-order valence-corrected chi connectivity index (χ1v) is 21.4. The van der Waals surface area contributed by atoms with E-state index in [-0.39, 0.29) is 11.5 Å². The Balaban J connectivity index is 0.889. The molecule has 0 saturated heterocycles. The van der Waals surface area contributed by atoms with Gasteiger partial charge in [-0.15, -0.1) is 0 Å². The molecule has 0 bridgehead atoms. The number of hydrogen-bond donors (Lipinski definition) is 2. The first-order valence-electron chi connectivity index (χ1n) is 21.4. The molecule has 0 amide bonds. The molecule has 2 N–H and O–H groups in total. The summed E-state index contributed by atoms with van der Waals surface area (Å²) in [7, 11) is 0. The molecule has 0 aliphatic carbocycles. The van der Waals surface area contributed by atoms with Gasteiger partial charge in [-0.3, -0.25) is 9.98 Å². The summed E-state index contributed by atoms with van der Waals surface area (Å²) in [6.45, 7) is 9.62. The van der Waals surface area contributed by atoms with Crippen LogP contribution in [0, 0.1) is 27.7 Å². The van der Waals surface area contributed by atoms with E-state index in [1.807, 2.05) is 60.7 Å². The van der Waals surface area contributed by atoms with Crippen molar-refractivity contribution in [1.82, 2.24) is 0 Å². The SMILES string of the molecule is Cc1cc(N(c2ccccc2)c2ccccc2)cc(C)c1-c1ccc(/C=N/CCC/N=C/c2ccc(-c3c(C)cc(N(c4ccccc4)c4ccccc4)cc3C)cc2O)c(O)c1. The lowest BCUT2D eigenvalue weighted by Gasteiger charge is -2.27. The standard InChI is InChI=1S/C57H52N4O2/c1-40-32-52(60(48-18-9-5-10-19-48)49-20-11-6-12-21-49)33-41(2)56(40)44-26-28-46(54(62)36-44)38-58-30-17-31-59-39-47-29-27-45(37-55(47)63)57-42(3)34-53(35-43(57)4)61(50-22-13-7-14-23-50)51-24-15-8-16-25-51/h5-16,18-29,32-39,62-63H,17,30-31H2,1-4H3/b58-38+,59-39+. The summed E-state index contributed by atoms with van der Waals surface area (Å²) < 4.78 is 0. The Morgan fingerprint density at radius 2 is 0.683 bits per heavy atom. The maximum Gasteiger partial charge on any atom is 0.124 e. The minimum Gasteiger partial charge on any atom is -0.507 e. The number of nitrogens with zero attached hydrogens (tertiary/aromatic N) is 4. The number of phenolic OH excluding ortho intramolecular Hbond substituents is 2. The van der Waals surface area contributed by atoms with Crippen LogP contribution < -0.4 is 9.80 Å². The van der Waals surface area contributed by atoms with E-state index in [2.05, 4.69) is 169 Å². The topological polar surface area (TPSA) is 71.7 Å². The molecule has 0 saturated carbocycles. The van der Waals surface area contributed by atoms with Gasteiger partial charge in [0, 0.05) is 70.8 Å². The van der Waals surface area contributed by atoms with Gasteiger partial charge >= 0.3 is 0 Å². The van der Waals surface area contributed by atoms with E-state index in [1.165, 1.54) is 0 Å². The van der Waals surface area contributed by atoms with E-state index >= 15 is 0 Å². The third-order valence-corrected chi connectivity index (χ3v) is 11.3. The van der Waals surface area contributed by atoms with E-state index in [0.717, 1.165) is 85.1 Å². The molecule has 0 heterocycles. The van der Waals surface area contributed by atoms with Crippen LogP contribution in [-0.4, -0.2) is 35.7 Å². The van der Waals surface area contributed by atoms with Crippen molar-refractivity contribution in [2.45, 2.75) is 34.1 Å². The van der Waals surface area contributed by atoms with Crippen LogP contribution in [0.5, 0.6) is 11.5 Å². The number of aromatic hydroxyl groups is 2. The molecule has 0 aliphatic heterocycles. The second-order valence-electron chi connectivity index (χ2n) is 15.9. The Kier molecular flexibility index (Phi) is 12.9. The molecule has 0 fully saturated rings. The fraction of sp³-hybridized carbons (Fsp3) is 0.123. The Morgan fingerprint density at radius 3 is 0.968 bits per heavy atom. The van der Waals surface area contributed by atoms with Crippen LogP contribution in [0.2, 0.25) is 0 Å². The van der Waals surface area contributed by atoms with Gasteiger partial charge in [0.2, 0.25) is 0 Å². The smallest absolute Gasteiger partial charge is 0.124 e. The average molecular weight is 825 g/mol. The number of aliphatic imine (C=N–C) groups is 2. The summed E-state index contributed by atoms with van der Waals surface area (Å²) in [5, 5.41) is 22.1. The second kappa shape index (κ2) is 19.3. The maximum absolute atomic E-state index is 11.1. The van der Waals surface area contributed by atoms with Crippen LogP contribution in [0.25, 0.3) is 22.3 Å².